The zero-order valence-corrected chi connectivity index (χ0v) is 8.60. The van der Waals surface area contributed by atoms with Crippen LogP contribution in [0.15, 0.2) is 24.5 Å². The van der Waals surface area contributed by atoms with E-state index in [1.807, 2.05) is 6.08 Å². The Bertz CT molecular complexity index is 317. The van der Waals surface area contributed by atoms with Crippen LogP contribution in [0.1, 0.15) is 19.8 Å². The van der Waals surface area contributed by atoms with Gasteiger partial charge in [-0.25, -0.2) is 0 Å². The van der Waals surface area contributed by atoms with Crippen LogP contribution in [0.3, 0.4) is 0 Å². The Balaban J connectivity index is 2.73. The lowest BCUT2D eigenvalue weighted by Crippen LogP contribution is -2.32. The molecule has 0 unspecified atom stereocenters. The first-order valence-electron chi connectivity index (χ1n) is 4.77. The number of allylic oxidation sites excluding steroid dienone is 3. The van der Waals surface area contributed by atoms with E-state index in [9.17, 15) is 9.59 Å². The standard InChI is InChI=1S/C11H14O4/c1-7(2)15-11(14)9-6-4-3-5-8(9)10(12)13/h3-4,8-9H,1,5-6H2,2H3,(H,12,13)/t8-,9+/m0/s1. The van der Waals surface area contributed by atoms with Crippen molar-refractivity contribution < 1.29 is 19.4 Å². The van der Waals surface area contributed by atoms with Gasteiger partial charge in [-0.1, -0.05) is 18.7 Å². The van der Waals surface area contributed by atoms with Crippen molar-refractivity contribution in [1.82, 2.24) is 0 Å². The van der Waals surface area contributed by atoms with Crippen LogP contribution in [0.4, 0.5) is 0 Å². The van der Waals surface area contributed by atoms with Crippen molar-refractivity contribution in [2.24, 2.45) is 11.8 Å². The van der Waals surface area contributed by atoms with Crippen molar-refractivity contribution >= 4 is 11.9 Å². The van der Waals surface area contributed by atoms with Crippen LogP contribution in [0, 0.1) is 11.8 Å². The Morgan fingerprint density at radius 1 is 1.33 bits per heavy atom. The van der Waals surface area contributed by atoms with Gasteiger partial charge in [0.1, 0.15) is 0 Å². The molecule has 1 rings (SSSR count). The molecule has 0 aromatic carbocycles. The first-order valence-corrected chi connectivity index (χ1v) is 4.77. The van der Waals surface area contributed by atoms with Gasteiger partial charge in [0, 0.05) is 0 Å². The van der Waals surface area contributed by atoms with Gasteiger partial charge in [0.05, 0.1) is 17.6 Å². The molecule has 0 heterocycles. The van der Waals surface area contributed by atoms with E-state index >= 15 is 0 Å². The molecule has 4 heteroatoms. The first-order chi connectivity index (χ1) is 7.02. The largest absolute Gasteiger partial charge is 0.481 e. The van der Waals surface area contributed by atoms with Crippen LogP contribution in [0.5, 0.6) is 0 Å². The molecule has 15 heavy (non-hydrogen) atoms. The van der Waals surface area contributed by atoms with Crippen LogP contribution >= 0.6 is 0 Å². The molecule has 1 N–H and O–H groups in total. The summed E-state index contributed by atoms with van der Waals surface area (Å²) in [6, 6.07) is 0. The molecular formula is C11H14O4. The van der Waals surface area contributed by atoms with E-state index in [2.05, 4.69) is 6.58 Å². The molecule has 0 bridgehead atoms. The summed E-state index contributed by atoms with van der Waals surface area (Å²) in [4.78, 5) is 22.4. The highest BCUT2D eigenvalue weighted by Crippen LogP contribution is 2.27. The number of esters is 1. The SMILES string of the molecule is C=C(C)OC(=O)[C@@H]1CC=CC[C@@H]1C(=O)O. The van der Waals surface area contributed by atoms with Crippen molar-refractivity contribution in [1.29, 1.82) is 0 Å². The van der Waals surface area contributed by atoms with Crippen molar-refractivity contribution in [2.45, 2.75) is 19.8 Å². The van der Waals surface area contributed by atoms with Gasteiger partial charge in [0.25, 0.3) is 0 Å². The number of hydrogen-bond donors (Lipinski definition) is 1. The Morgan fingerprint density at radius 2 is 1.87 bits per heavy atom. The lowest BCUT2D eigenvalue weighted by atomic mass is 9.83. The smallest absolute Gasteiger partial charge is 0.315 e. The average Bonchev–Trinajstić information content (AvgIpc) is 2.16. The molecule has 1 aliphatic rings. The number of carbonyl (C=O) groups excluding carboxylic acids is 1. The van der Waals surface area contributed by atoms with Gasteiger partial charge in [-0.3, -0.25) is 9.59 Å². The number of hydrogen-bond acceptors (Lipinski definition) is 3. The average molecular weight is 210 g/mol. The maximum Gasteiger partial charge on any atom is 0.315 e. The van der Waals surface area contributed by atoms with Crippen molar-refractivity contribution in [3.63, 3.8) is 0 Å². The van der Waals surface area contributed by atoms with Crippen LogP contribution in [0.2, 0.25) is 0 Å². The van der Waals surface area contributed by atoms with Gasteiger partial charge >= 0.3 is 11.9 Å². The molecule has 0 amide bonds. The monoisotopic (exact) mass is 210 g/mol. The fourth-order valence-electron chi connectivity index (χ4n) is 1.60. The summed E-state index contributed by atoms with van der Waals surface area (Å²) in [5.74, 6) is -2.44. The van der Waals surface area contributed by atoms with E-state index in [1.165, 1.54) is 0 Å². The zero-order chi connectivity index (χ0) is 11.4. The quantitative estimate of drug-likeness (QED) is 0.437. The predicted molar refractivity (Wildman–Crippen MR) is 53.9 cm³/mol. The summed E-state index contributed by atoms with van der Waals surface area (Å²) in [6.45, 7) is 5.01. The minimum absolute atomic E-state index is 0.290. The second-order valence-corrected chi connectivity index (χ2v) is 3.62. The summed E-state index contributed by atoms with van der Waals surface area (Å²) >= 11 is 0. The summed E-state index contributed by atoms with van der Waals surface area (Å²) in [7, 11) is 0. The van der Waals surface area contributed by atoms with Crippen molar-refractivity contribution in [3.8, 4) is 0 Å². The Labute approximate surface area is 88.2 Å². The number of aliphatic carboxylic acids is 1. The van der Waals surface area contributed by atoms with Gasteiger partial charge in [-0.2, -0.15) is 0 Å². The summed E-state index contributed by atoms with van der Waals surface area (Å²) < 4.78 is 4.84. The second-order valence-electron chi connectivity index (χ2n) is 3.62. The Hall–Kier alpha value is -1.58. The fraction of sp³-hybridized carbons (Fsp3) is 0.455. The normalized spacial score (nSPS) is 24.6. The molecule has 0 fully saturated rings. The van der Waals surface area contributed by atoms with E-state index < -0.39 is 23.8 Å². The number of ether oxygens (including phenoxy) is 1. The number of carboxylic acids is 1. The summed E-state index contributed by atoms with van der Waals surface area (Å²) in [6.07, 6.45) is 4.39. The van der Waals surface area contributed by atoms with E-state index in [4.69, 9.17) is 9.84 Å². The second kappa shape index (κ2) is 4.77. The molecule has 82 valence electrons. The van der Waals surface area contributed by atoms with E-state index in [0.29, 0.717) is 18.6 Å². The molecule has 2 atom stereocenters. The van der Waals surface area contributed by atoms with Crippen molar-refractivity contribution in [2.75, 3.05) is 0 Å². The highest BCUT2D eigenvalue weighted by atomic mass is 16.5. The van der Waals surface area contributed by atoms with Crippen LogP contribution < -0.4 is 0 Å². The third-order valence-corrected chi connectivity index (χ3v) is 2.33. The number of carbonyl (C=O) groups is 2. The Morgan fingerprint density at radius 3 is 2.33 bits per heavy atom. The third-order valence-electron chi connectivity index (χ3n) is 2.33. The molecule has 0 spiro atoms. The van der Waals surface area contributed by atoms with Gasteiger partial charge in [-0.15, -0.1) is 0 Å². The van der Waals surface area contributed by atoms with Gasteiger partial charge in [-0.05, 0) is 19.8 Å². The topological polar surface area (TPSA) is 63.6 Å². The lowest BCUT2D eigenvalue weighted by molar-refractivity contribution is -0.155. The molecule has 0 saturated carbocycles. The van der Waals surface area contributed by atoms with Gasteiger partial charge in [0.2, 0.25) is 0 Å². The molecule has 0 aromatic rings. The molecule has 0 aliphatic heterocycles. The minimum Gasteiger partial charge on any atom is -0.481 e. The predicted octanol–water partition coefficient (Wildman–Crippen LogP) is 1.73. The fourth-order valence-corrected chi connectivity index (χ4v) is 1.60. The Kier molecular flexibility index (Phi) is 3.66. The highest BCUT2D eigenvalue weighted by molar-refractivity contribution is 5.82. The molecule has 0 saturated heterocycles. The zero-order valence-electron chi connectivity index (χ0n) is 8.60. The molecule has 4 nitrogen and oxygen atoms in total. The van der Waals surface area contributed by atoms with Gasteiger partial charge in [0.15, 0.2) is 0 Å². The lowest BCUT2D eigenvalue weighted by Gasteiger charge is -2.23. The van der Waals surface area contributed by atoms with Crippen molar-refractivity contribution in [3.05, 3.63) is 24.5 Å². The number of rotatable bonds is 3. The molecule has 0 radical (unpaired) electrons. The van der Waals surface area contributed by atoms with Gasteiger partial charge < -0.3 is 9.84 Å². The number of carboxylic acid groups (broad SMARTS) is 1. The van der Waals surface area contributed by atoms with Crippen LogP contribution in [-0.4, -0.2) is 17.0 Å². The molecule has 1 aliphatic carbocycles. The summed E-state index contributed by atoms with van der Waals surface area (Å²) in [5.41, 5.74) is 0. The maximum atomic E-state index is 11.5. The summed E-state index contributed by atoms with van der Waals surface area (Å²) in [5, 5.41) is 8.93. The third kappa shape index (κ3) is 2.94. The van der Waals surface area contributed by atoms with E-state index in [1.54, 1.807) is 13.0 Å². The molecular weight excluding hydrogens is 196 g/mol. The first kappa shape index (κ1) is 11.5. The van der Waals surface area contributed by atoms with Crippen LogP contribution in [-0.2, 0) is 14.3 Å². The minimum atomic E-state index is -0.956. The maximum absolute atomic E-state index is 11.5. The molecule has 0 aromatic heterocycles. The van der Waals surface area contributed by atoms with E-state index in [0.717, 1.165) is 0 Å². The highest BCUT2D eigenvalue weighted by Gasteiger charge is 2.35. The van der Waals surface area contributed by atoms with Crippen LogP contribution in [0.25, 0.3) is 0 Å². The van der Waals surface area contributed by atoms with E-state index in [-0.39, 0.29) is 0 Å².